The van der Waals surface area contributed by atoms with Gasteiger partial charge in [-0.25, -0.2) is 4.21 Å². The molecule has 1 aromatic carbocycles. The van der Waals surface area contributed by atoms with Crippen LogP contribution in [0.25, 0.3) is 0 Å². The van der Waals surface area contributed by atoms with Crippen LogP contribution in [0.4, 0.5) is 26.3 Å². The van der Waals surface area contributed by atoms with Gasteiger partial charge in [0.2, 0.25) is 0 Å². The number of rotatable bonds is 1. The number of alkyl halides is 6. The Kier molecular flexibility index (Phi) is 3.56. The Morgan fingerprint density at radius 1 is 1.00 bits per heavy atom. The van der Waals surface area contributed by atoms with Crippen molar-refractivity contribution in [3.63, 3.8) is 0 Å². The number of aryl methyl sites for hydroxylation is 1. The number of benzene rings is 1. The van der Waals surface area contributed by atoms with E-state index in [0.29, 0.717) is 6.07 Å². The Morgan fingerprint density at radius 3 is 1.94 bits per heavy atom. The molecular weight excluding hydrogens is 270 g/mol. The molecule has 96 valence electrons. The van der Waals surface area contributed by atoms with Gasteiger partial charge < -0.3 is 0 Å². The van der Waals surface area contributed by atoms with Crippen LogP contribution in [0.15, 0.2) is 23.1 Å². The highest BCUT2D eigenvalue weighted by molar-refractivity contribution is 7.86. The molecule has 0 N–H and O–H groups in total. The van der Waals surface area contributed by atoms with Crippen LogP contribution in [0.1, 0.15) is 11.1 Å². The molecule has 0 aliphatic heterocycles. The highest BCUT2D eigenvalue weighted by Gasteiger charge is 2.39. The second kappa shape index (κ2) is 4.32. The lowest BCUT2D eigenvalue weighted by molar-refractivity contribution is -0.137. The maximum Gasteiger partial charge on any atom is 0.475 e. The van der Waals surface area contributed by atoms with Gasteiger partial charge in [-0.3, -0.25) is 0 Å². The first-order valence-corrected chi connectivity index (χ1v) is 5.34. The van der Waals surface area contributed by atoms with Crippen molar-refractivity contribution in [3.05, 3.63) is 29.3 Å². The molecule has 1 unspecified atom stereocenters. The van der Waals surface area contributed by atoms with Crippen molar-refractivity contribution in [3.8, 4) is 0 Å². The van der Waals surface area contributed by atoms with Crippen LogP contribution >= 0.6 is 0 Å². The molecule has 1 rings (SSSR count). The van der Waals surface area contributed by atoms with E-state index >= 15 is 0 Å². The van der Waals surface area contributed by atoms with E-state index in [-0.39, 0.29) is 11.6 Å². The number of hydrogen-bond acceptors (Lipinski definition) is 1. The Hall–Kier alpha value is -1.05. The summed E-state index contributed by atoms with van der Waals surface area (Å²) in [5.74, 6) is 0. The lowest BCUT2D eigenvalue weighted by Gasteiger charge is -2.11. The van der Waals surface area contributed by atoms with E-state index in [0.717, 1.165) is 6.07 Å². The normalized spacial score (nSPS) is 14.8. The van der Waals surface area contributed by atoms with Crippen LogP contribution in [-0.4, -0.2) is 9.72 Å². The van der Waals surface area contributed by atoms with Gasteiger partial charge >= 0.3 is 11.7 Å². The summed E-state index contributed by atoms with van der Waals surface area (Å²) in [6.45, 7) is 1.20. The van der Waals surface area contributed by atoms with Crippen molar-refractivity contribution in [2.45, 2.75) is 23.5 Å². The molecule has 1 aromatic rings. The molecule has 0 aliphatic carbocycles. The fourth-order valence-corrected chi connectivity index (χ4v) is 1.95. The van der Waals surface area contributed by atoms with Gasteiger partial charge in [-0.15, -0.1) is 0 Å². The highest BCUT2D eigenvalue weighted by atomic mass is 32.2. The van der Waals surface area contributed by atoms with Crippen LogP contribution in [0.2, 0.25) is 0 Å². The van der Waals surface area contributed by atoms with Gasteiger partial charge in [-0.05, 0) is 30.7 Å². The minimum absolute atomic E-state index is 0.0348. The average molecular weight is 276 g/mol. The molecule has 0 spiro atoms. The van der Waals surface area contributed by atoms with E-state index in [1.165, 1.54) is 6.92 Å². The predicted molar refractivity (Wildman–Crippen MR) is 48.6 cm³/mol. The van der Waals surface area contributed by atoms with Crippen LogP contribution in [0, 0.1) is 6.92 Å². The van der Waals surface area contributed by atoms with Gasteiger partial charge in [0.1, 0.15) is 0 Å². The summed E-state index contributed by atoms with van der Waals surface area (Å²) >= 11 is 0. The SMILES string of the molecule is Cc1cc(S(=O)C(F)(F)F)cc(C(F)(F)F)c1. The molecule has 0 saturated carbocycles. The summed E-state index contributed by atoms with van der Waals surface area (Å²) in [6.07, 6.45) is -4.77. The second-order valence-corrected chi connectivity index (χ2v) is 4.72. The van der Waals surface area contributed by atoms with Crippen LogP contribution < -0.4 is 0 Å². The van der Waals surface area contributed by atoms with Crippen LogP contribution in [0.5, 0.6) is 0 Å². The Morgan fingerprint density at radius 2 is 1.53 bits per heavy atom. The molecule has 0 aromatic heterocycles. The smallest absolute Gasteiger partial charge is 0.245 e. The Bertz CT molecular complexity index is 448. The van der Waals surface area contributed by atoms with Gasteiger partial charge in [-0.1, -0.05) is 0 Å². The molecular formula is C9H6F6OS. The molecule has 0 bridgehead atoms. The Balaban J connectivity index is 3.29. The van der Waals surface area contributed by atoms with Crippen molar-refractivity contribution >= 4 is 10.8 Å². The molecule has 0 heterocycles. The molecule has 0 radical (unpaired) electrons. The van der Waals surface area contributed by atoms with Crippen LogP contribution in [0.3, 0.4) is 0 Å². The first-order chi connectivity index (χ1) is 7.51. The number of halogens is 6. The molecule has 0 fully saturated rings. The summed E-state index contributed by atoms with van der Waals surface area (Å²) < 4.78 is 84.2. The number of hydrogen-bond donors (Lipinski definition) is 0. The highest BCUT2D eigenvalue weighted by Crippen LogP contribution is 2.33. The van der Waals surface area contributed by atoms with Gasteiger partial charge in [0.15, 0.2) is 10.8 Å². The molecule has 1 atom stereocenters. The summed E-state index contributed by atoms with van der Waals surface area (Å²) in [5.41, 5.74) is -6.35. The molecule has 0 aliphatic rings. The largest absolute Gasteiger partial charge is 0.475 e. The zero-order valence-electron chi connectivity index (χ0n) is 8.32. The molecule has 0 saturated heterocycles. The average Bonchev–Trinajstić information content (AvgIpc) is 2.12. The van der Waals surface area contributed by atoms with E-state index in [9.17, 15) is 30.6 Å². The Labute approximate surface area is 94.9 Å². The molecule has 1 nitrogen and oxygen atoms in total. The van der Waals surface area contributed by atoms with Crippen molar-refractivity contribution in [1.82, 2.24) is 0 Å². The maximum atomic E-state index is 12.3. The third-order valence-electron chi connectivity index (χ3n) is 1.80. The van der Waals surface area contributed by atoms with Crippen molar-refractivity contribution in [2.24, 2.45) is 0 Å². The zero-order chi connectivity index (χ0) is 13.4. The van der Waals surface area contributed by atoms with E-state index in [4.69, 9.17) is 0 Å². The minimum atomic E-state index is -5.07. The van der Waals surface area contributed by atoms with E-state index in [1.807, 2.05) is 0 Å². The molecule has 0 amide bonds. The van der Waals surface area contributed by atoms with Crippen molar-refractivity contribution in [2.75, 3.05) is 0 Å². The minimum Gasteiger partial charge on any atom is -0.245 e. The van der Waals surface area contributed by atoms with Gasteiger partial charge in [-0.2, -0.15) is 26.3 Å². The van der Waals surface area contributed by atoms with E-state index in [1.54, 1.807) is 0 Å². The van der Waals surface area contributed by atoms with Crippen LogP contribution in [-0.2, 0) is 17.0 Å². The first kappa shape index (κ1) is 14.0. The topological polar surface area (TPSA) is 17.1 Å². The van der Waals surface area contributed by atoms with Crippen molar-refractivity contribution < 1.29 is 30.6 Å². The van der Waals surface area contributed by atoms with E-state index < -0.39 is 32.9 Å². The fourth-order valence-electron chi connectivity index (χ4n) is 1.15. The van der Waals surface area contributed by atoms with Crippen molar-refractivity contribution in [1.29, 1.82) is 0 Å². The zero-order valence-corrected chi connectivity index (χ0v) is 9.13. The maximum absolute atomic E-state index is 12.3. The molecule has 17 heavy (non-hydrogen) atoms. The lowest BCUT2D eigenvalue weighted by Crippen LogP contribution is -2.17. The van der Waals surface area contributed by atoms with Gasteiger partial charge in [0.05, 0.1) is 5.56 Å². The summed E-state index contributed by atoms with van der Waals surface area (Å²) in [6, 6.07) is 1.76. The van der Waals surface area contributed by atoms with Gasteiger partial charge in [0.25, 0.3) is 0 Å². The molecule has 8 heteroatoms. The third kappa shape index (κ3) is 3.45. The first-order valence-electron chi connectivity index (χ1n) is 4.19. The monoisotopic (exact) mass is 276 g/mol. The summed E-state index contributed by atoms with van der Waals surface area (Å²) in [5, 5.41) is 0. The van der Waals surface area contributed by atoms with Gasteiger partial charge in [0, 0.05) is 4.90 Å². The fraction of sp³-hybridized carbons (Fsp3) is 0.333. The quantitative estimate of drug-likeness (QED) is 0.716. The van der Waals surface area contributed by atoms with E-state index in [2.05, 4.69) is 0 Å². The third-order valence-corrected chi connectivity index (χ3v) is 2.89. The lowest BCUT2D eigenvalue weighted by atomic mass is 10.1. The summed E-state index contributed by atoms with van der Waals surface area (Å²) in [7, 11) is -3.46. The second-order valence-electron chi connectivity index (χ2n) is 3.25. The summed E-state index contributed by atoms with van der Waals surface area (Å²) in [4.78, 5) is -0.898. The standard InChI is InChI=1S/C9H6F6OS/c1-5-2-6(8(10,11)12)4-7(3-5)17(16)9(13,14)15/h2-4H,1H3. The predicted octanol–water partition coefficient (Wildman–Crippen LogP) is 3.64.